The van der Waals surface area contributed by atoms with E-state index < -0.39 is 32.2 Å². The topological polar surface area (TPSA) is 63.7 Å². The molecule has 0 saturated carbocycles. The van der Waals surface area contributed by atoms with Crippen LogP contribution >= 0.6 is 0 Å². The number of ketones is 1. The van der Waals surface area contributed by atoms with E-state index in [2.05, 4.69) is 0 Å². The number of hydrogen-bond acceptors (Lipinski definition) is 4. The van der Waals surface area contributed by atoms with Gasteiger partial charge in [0.2, 0.25) is 10.0 Å². The normalized spacial score (nSPS) is 23.1. The van der Waals surface area contributed by atoms with Gasteiger partial charge in [0.15, 0.2) is 5.78 Å². The summed E-state index contributed by atoms with van der Waals surface area (Å²) in [5.74, 6) is -1.68. The van der Waals surface area contributed by atoms with E-state index in [-0.39, 0.29) is 25.3 Å². The first-order chi connectivity index (χ1) is 12.3. The van der Waals surface area contributed by atoms with E-state index >= 15 is 0 Å². The maximum atomic E-state index is 14.0. The molecule has 4 rings (SSSR count). The van der Waals surface area contributed by atoms with Crippen LogP contribution in [0.15, 0.2) is 47.4 Å². The molecule has 0 N–H and O–H groups in total. The SMILES string of the molecule is O=C1CC2(CCN(S(=O)(=O)c3ccc(F)cc3F)C2)Oc2ccccc21. The van der Waals surface area contributed by atoms with Gasteiger partial charge in [-0.3, -0.25) is 4.79 Å². The number of Topliss-reactive ketones (excluding diaryl/α,β-unsaturated/α-hetero) is 1. The van der Waals surface area contributed by atoms with E-state index in [1.165, 1.54) is 0 Å². The summed E-state index contributed by atoms with van der Waals surface area (Å²) >= 11 is 0. The minimum absolute atomic E-state index is 0.0575. The fraction of sp³-hybridized carbons (Fsp3) is 0.278. The van der Waals surface area contributed by atoms with Gasteiger partial charge in [-0.15, -0.1) is 0 Å². The Morgan fingerprint density at radius 2 is 1.88 bits per heavy atom. The number of halogens is 2. The standard InChI is InChI=1S/C18H15F2NO4S/c19-12-5-6-17(14(20)9-12)26(23,24)21-8-7-18(11-21)10-15(22)13-3-1-2-4-16(13)25-18/h1-6,9H,7-8,10-11H2. The molecule has 2 aromatic carbocycles. The Hall–Kier alpha value is -2.32. The molecular formula is C18H15F2NO4S. The van der Waals surface area contributed by atoms with Crippen molar-refractivity contribution in [2.75, 3.05) is 13.1 Å². The number of carbonyl (C=O) groups is 1. The highest BCUT2D eigenvalue weighted by Gasteiger charge is 2.49. The lowest BCUT2D eigenvalue weighted by molar-refractivity contribution is 0.0498. The molecule has 0 bridgehead atoms. The van der Waals surface area contributed by atoms with Gasteiger partial charge in [0.1, 0.15) is 27.9 Å². The van der Waals surface area contributed by atoms with E-state index in [1.54, 1.807) is 24.3 Å². The molecule has 1 unspecified atom stereocenters. The monoisotopic (exact) mass is 379 g/mol. The first-order valence-corrected chi connectivity index (χ1v) is 9.51. The molecule has 1 spiro atoms. The highest BCUT2D eigenvalue weighted by Crippen LogP contribution is 2.40. The van der Waals surface area contributed by atoms with Gasteiger partial charge >= 0.3 is 0 Å². The zero-order valence-electron chi connectivity index (χ0n) is 13.6. The molecule has 136 valence electrons. The molecule has 5 nitrogen and oxygen atoms in total. The van der Waals surface area contributed by atoms with Crippen LogP contribution in [0.25, 0.3) is 0 Å². The molecule has 1 fully saturated rings. The number of fused-ring (bicyclic) bond motifs is 1. The molecule has 0 aromatic heterocycles. The van der Waals surface area contributed by atoms with Crippen LogP contribution in [0, 0.1) is 11.6 Å². The van der Waals surface area contributed by atoms with Crippen molar-refractivity contribution >= 4 is 15.8 Å². The number of benzene rings is 2. The summed E-state index contributed by atoms with van der Waals surface area (Å²) in [6.45, 7) is 0.0286. The number of sulfonamides is 1. The summed E-state index contributed by atoms with van der Waals surface area (Å²) in [5.41, 5.74) is -0.487. The van der Waals surface area contributed by atoms with E-state index in [0.717, 1.165) is 16.4 Å². The predicted molar refractivity (Wildman–Crippen MR) is 88.5 cm³/mol. The summed E-state index contributed by atoms with van der Waals surface area (Å²) in [4.78, 5) is 11.8. The molecule has 8 heteroatoms. The molecule has 0 amide bonds. The van der Waals surface area contributed by atoms with Crippen LogP contribution in [0.2, 0.25) is 0 Å². The number of carbonyl (C=O) groups excluding carboxylic acids is 1. The molecule has 2 aromatic rings. The third kappa shape index (κ3) is 2.69. The Morgan fingerprint density at radius 3 is 2.65 bits per heavy atom. The van der Waals surface area contributed by atoms with Gasteiger partial charge in [-0.25, -0.2) is 17.2 Å². The Morgan fingerprint density at radius 1 is 1.12 bits per heavy atom. The van der Waals surface area contributed by atoms with Crippen molar-refractivity contribution in [2.24, 2.45) is 0 Å². The average molecular weight is 379 g/mol. The van der Waals surface area contributed by atoms with Gasteiger partial charge in [0.25, 0.3) is 0 Å². The molecule has 26 heavy (non-hydrogen) atoms. The van der Waals surface area contributed by atoms with E-state index in [0.29, 0.717) is 23.8 Å². The van der Waals surface area contributed by atoms with E-state index in [1.807, 2.05) is 0 Å². The molecule has 0 radical (unpaired) electrons. The number of hydrogen-bond donors (Lipinski definition) is 0. The van der Waals surface area contributed by atoms with Gasteiger partial charge < -0.3 is 4.74 Å². The third-order valence-electron chi connectivity index (χ3n) is 4.79. The summed E-state index contributed by atoms with van der Waals surface area (Å²) in [6.07, 6.45) is 0.372. The smallest absolute Gasteiger partial charge is 0.246 e. The Labute approximate surface area is 149 Å². The Kier molecular flexibility index (Phi) is 3.85. The van der Waals surface area contributed by atoms with Crippen molar-refractivity contribution in [3.05, 3.63) is 59.7 Å². The van der Waals surface area contributed by atoms with Crippen molar-refractivity contribution < 1.29 is 26.7 Å². The van der Waals surface area contributed by atoms with Crippen LogP contribution < -0.4 is 4.74 Å². The quantitative estimate of drug-likeness (QED) is 0.805. The maximum Gasteiger partial charge on any atom is 0.246 e. The highest BCUT2D eigenvalue weighted by molar-refractivity contribution is 7.89. The maximum absolute atomic E-state index is 14.0. The minimum atomic E-state index is -4.16. The van der Waals surface area contributed by atoms with Crippen molar-refractivity contribution in [3.8, 4) is 5.75 Å². The Bertz CT molecular complexity index is 1010. The van der Waals surface area contributed by atoms with E-state index in [4.69, 9.17) is 4.74 Å². The minimum Gasteiger partial charge on any atom is -0.485 e. The highest BCUT2D eigenvalue weighted by atomic mass is 32.2. The zero-order valence-corrected chi connectivity index (χ0v) is 14.4. The molecule has 2 heterocycles. The van der Waals surface area contributed by atoms with Gasteiger partial charge in [-0.1, -0.05) is 12.1 Å². The van der Waals surface area contributed by atoms with Crippen LogP contribution in [0.4, 0.5) is 8.78 Å². The lowest BCUT2D eigenvalue weighted by Gasteiger charge is -2.34. The fourth-order valence-electron chi connectivity index (χ4n) is 3.51. The molecule has 2 aliphatic heterocycles. The predicted octanol–water partition coefficient (Wildman–Crippen LogP) is 2.76. The molecule has 1 saturated heterocycles. The first-order valence-electron chi connectivity index (χ1n) is 8.07. The lowest BCUT2D eigenvalue weighted by atomic mass is 9.89. The average Bonchev–Trinajstić information content (AvgIpc) is 2.98. The summed E-state index contributed by atoms with van der Waals surface area (Å²) in [5, 5.41) is 0. The van der Waals surface area contributed by atoms with Crippen LogP contribution in [0.1, 0.15) is 23.2 Å². The van der Waals surface area contributed by atoms with Gasteiger partial charge in [0, 0.05) is 19.0 Å². The number of rotatable bonds is 2. The van der Waals surface area contributed by atoms with Gasteiger partial charge in [-0.05, 0) is 24.3 Å². The van der Waals surface area contributed by atoms with Crippen molar-refractivity contribution in [1.29, 1.82) is 0 Å². The lowest BCUT2D eigenvalue weighted by Crippen LogP contribution is -2.45. The van der Waals surface area contributed by atoms with Crippen molar-refractivity contribution in [3.63, 3.8) is 0 Å². The second-order valence-electron chi connectivity index (χ2n) is 6.54. The molecule has 2 aliphatic rings. The first kappa shape index (κ1) is 17.1. The fourth-order valence-corrected chi connectivity index (χ4v) is 5.07. The summed E-state index contributed by atoms with van der Waals surface area (Å²) < 4.78 is 59.6. The molecular weight excluding hydrogens is 364 g/mol. The third-order valence-corrected chi connectivity index (χ3v) is 6.67. The number of para-hydroxylation sites is 1. The van der Waals surface area contributed by atoms with Gasteiger partial charge in [-0.2, -0.15) is 4.31 Å². The van der Waals surface area contributed by atoms with Gasteiger partial charge in [0.05, 0.1) is 18.5 Å². The number of nitrogens with zero attached hydrogens (tertiary/aromatic N) is 1. The van der Waals surface area contributed by atoms with Crippen LogP contribution in [0.3, 0.4) is 0 Å². The van der Waals surface area contributed by atoms with E-state index in [9.17, 15) is 22.0 Å². The van der Waals surface area contributed by atoms with Crippen molar-refractivity contribution in [2.45, 2.75) is 23.3 Å². The largest absolute Gasteiger partial charge is 0.485 e. The van der Waals surface area contributed by atoms with Crippen molar-refractivity contribution in [1.82, 2.24) is 4.31 Å². The van der Waals surface area contributed by atoms with Crippen LogP contribution in [-0.4, -0.2) is 37.2 Å². The second-order valence-corrected chi connectivity index (χ2v) is 8.45. The zero-order chi connectivity index (χ0) is 18.5. The summed E-state index contributed by atoms with van der Waals surface area (Å²) in [6, 6.07) is 9.16. The molecule has 1 atom stereocenters. The van der Waals surface area contributed by atoms with Crippen LogP contribution in [-0.2, 0) is 10.0 Å². The summed E-state index contributed by atoms with van der Waals surface area (Å²) in [7, 11) is -4.16. The molecule has 0 aliphatic carbocycles. The number of ether oxygens (including phenoxy) is 1. The van der Waals surface area contributed by atoms with Crippen LogP contribution in [0.5, 0.6) is 5.75 Å². The second kappa shape index (κ2) is 5.85. The Balaban J connectivity index is 1.64.